The van der Waals surface area contributed by atoms with Crippen LogP contribution in [0, 0.1) is 0 Å². The van der Waals surface area contributed by atoms with Gasteiger partial charge in [-0.25, -0.2) is 4.79 Å². The first kappa shape index (κ1) is 16.9. The highest BCUT2D eigenvalue weighted by atomic mass is 16.5. The molecule has 0 aliphatic heterocycles. The number of hydrogen-bond donors (Lipinski definition) is 1. The molecule has 0 saturated carbocycles. The van der Waals surface area contributed by atoms with Crippen LogP contribution in [0.15, 0.2) is 24.3 Å². The van der Waals surface area contributed by atoms with Crippen molar-refractivity contribution in [1.29, 1.82) is 0 Å². The number of benzene rings is 1. The summed E-state index contributed by atoms with van der Waals surface area (Å²) in [4.78, 5) is 28.4. The van der Waals surface area contributed by atoms with Crippen molar-refractivity contribution in [2.24, 2.45) is 0 Å². The third kappa shape index (κ3) is 4.03. The van der Waals surface area contributed by atoms with Crippen LogP contribution in [0.3, 0.4) is 0 Å². The molecule has 0 aliphatic carbocycles. The van der Waals surface area contributed by atoms with Crippen LogP contribution in [-0.2, 0) is 9.53 Å². The van der Waals surface area contributed by atoms with E-state index in [1.54, 1.807) is 30.0 Å². The molecule has 0 bridgehead atoms. The zero-order chi connectivity index (χ0) is 16.8. The van der Waals surface area contributed by atoms with E-state index < -0.39 is 0 Å². The number of carbonyl (C=O) groups is 2. The number of hydrogen-bond acceptors (Lipinski definition) is 4. The lowest BCUT2D eigenvalue weighted by atomic mass is 10.2. The predicted octanol–water partition coefficient (Wildman–Crippen LogP) is 2.59. The third-order valence-electron chi connectivity index (χ3n) is 3.57. The second kappa shape index (κ2) is 7.67. The lowest BCUT2D eigenvalue weighted by Gasteiger charge is -2.18. The summed E-state index contributed by atoms with van der Waals surface area (Å²) in [5, 5.41) is 0.834. The number of esters is 1. The Kier molecular flexibility index (Phi) is 5.62. The summed E-state index contributed by atoms with van der Waals surface area (Å²) in [6.45, 7) is 7.29. The van der Waals surface area contributed by atoms with Crippen molar-refractivity contribution in [1.82, 2.24) is 9.88 Å². The molecule has 124 valence electrons. The molecule has 1 aromatic heterocycles. The number of aromatic nitrogens is 1. The molecule has 0 unspecified atom stereocenters. The molecule has 1 amide bonds. The summed E-state index contributed by atoms with van der Waals surface area (Å²) >= 11 is 0. The van der Waals surface area contributed by atoms with Gasteiger partial charge < -0.3 is 19.4 Å². The first-order chi connectivity index (χ1) is 11.1. The number of nitrogens with one attached hydrogen (secondary N) is 1. The molecule has 6 heteroatoms. The summed E-state index contributed by atoms with van der Waals surface area (Å²) in [7, 11) is 0. The van der Waals surface area contributed by atoms with Crippen molar-refractivity contribution in [3.05, 3.63) is 30.0 Å². The topological polar surface area (TPSA) is 71.6 Å². The van der Waals surface area contributed by atoms with Gasteiger partial charge in [0.25, 0.3) is 5.91 Å². The largest absolute Gasteiger partial charge is 0.484 e. The fourth-order valence-electron chi connectivity index (χ4n) is 2.33. The molecular weight excluding hydrogens is 296 g/mol. The SMILES string of the molecule is CCOC(=O)c1cc2cc(OCC(=O)N(CC)CC)ccc2[nH]1. The van der Waals surface area contributed by atoms with Gasteiger partial charge in [-0.1, -0.05) is 0 Å². The van der Waals surface area contributed by atoms with Crippen LogP contribution in [0.1, 0.15) is 31.3 Å². The third-order valence-corrected chi connectivity index (χ3v) is 3.57. The first-order valence-electron chi connectivity index (χ1n) is 7.79. The molecule has 0 saturated heterocycles. The van der Waals surface area contributed by atoms with Gasteiger partial charge in [-0.2, -0.15) is 0 Å². The van der Waals surface area contributed by atoms with Crippen LogP contribution in [0.5, 0.6) is 5.75 Å². The van der Waals surface area contributed by atoms with E-state index in [9.17, 15) is 9.59 Å². The molecule has 1 heterocycles. The van der Waals surface area contributed by atoms with Gasteiger partial charge in [0.15, 0.2) is 6.61 Å². The van der Waals surface area contributed by atoms with Gasteiger partial charge in [-0.05, 0) is 45.0 Å². The van der Waals surface area contributed by atoms with E-state index in [2.05, 4.69) is 4.98 Å². The van der Waals surface area contributed by atoms with Gasteiger partial charge in [0.1, 0.15) is 11.4 Å². The van der Waals surface area contributed by atoms with Gasteiger partial charge >= 0.3 is 5.97 Å². The number of nitrogens with zero attached hydrogens (tertiary/aromatic N) is 1. The number of carbonyl (C=O) groups excluding carboxylic acids is 2. The molecule has 0 radical (unpaired) electrons. The molecular formula is C17H22N2O4. The Morgan fingerprint density at radius 2 is 1.87 bits per heavy atom. The molecule has 1 N–H and O–H groups in total. The van der Waals surface area contributed by atoms with Crippen LogP contribution in [0.25, 0.3) is 10.9 Å². The number of amides is 1. The molecule has 23 heavy (non-hydrogen) atoms. The minimum Gasteiger partial charge on any atom is -0.484 e. The average molecular weight is 318 g/mol. The highest BCUT2D eigenvalue weighted by Crippen LogP contribution is 2.22. The molecule has 0 atom stereocenters. The second-order valence-corrected chi connectivity index (χ2v) is 5.01. The van der Waals surface area contributed by atoms with Crippen LogP contribution in [0.2, 0.25) is 0 Å². The summed E-state index contributed by atoms with van der Waals surface area (Å²) < 4.78 is 10.5. The molecule has 0 aliphatic rings. The lowest BCUT2D eigenvalue weighted by molar-refractivity contribution is -0.132. The molecule has 0 spiro atoms. The zero-order valence-corrected chi connectivity index (χ0v) is 13.7. The number of aromatic amines is 1. The minimum absolute atomic E-state index is 0.00232. The van der Waals surface area contributed by atoms with E-state index in [0.717, 1.165) is 10.9 Å². The van der Waals surface area contributed by atoms with Crippen molar-refractivity contribution < 1.29 is 19.1 Å². The van der Waals surface area contributed by atoms with E-state index in [4.69, 9.17) is 9.47 Å². The number of rotatable bonds is 7. The van der Waals surface area contributed by atoms with E-state index in [-0.39, 0.29) is 18.5 Å². The Bertz CT molecular complexity index is 689. The van der Waals surface area contributed by atoms with E-state index in [1.165, 1.54) is 0 Å². The average Bonchev–Trinajstić information content (AvgIpc) is 2.97. The molecule has 2 rings (SSSR count). The normalized spacial score (nSPS) is 10.6. The molecule has 0 fully saturated rings. The van der Waals surface area contributed by atoms with E-state index in [1.807, 2.05) is 19.9 Å². The van der Waals surface area contributed by atoms with Crippen molar-refractivity contribution in [3.8, 4) is 5.75 Å². The lowest BCUT2D eigenvalue weighted by Crippen LogP contribution is -2.34. The Hall–Kier alpha value is -2.50. The maximum Gasteiger partial charge on any atom is 0.354 e. The van der Waals surface area contributed by atoms with Crippen LogP contribution in [0.4, 0.5) is 0 Å². The van der Waals surface area contributed by atoms with Crippen molar-refractivity contribution in [2.75, 3.05) is 26.3 Å². The van der Waals surface area contributed by atoms with Gasteiger partial charge in [0, 0.05) is 24.0 Å². The van der Waals surface area contributed by atoms with Crippen LogP contribution >= 0.6 is 0 Å². The second-order valence-electron chi connectivity index (χ2n) is 5.01. The monoisotopic (exact) mass is 318 g/mol. The molecule has 2 aromatic rings. The number of likely N-dealkylation sites (N-methyl/N-ethyl adjacent to an activating group) is 1. The zero-order valence-electron chi connectivity index (χ0n) is 13.7. The number of ether oxygens (including phenoxy) is 2. The van der Waals surface area contributed by atoms with Crippen molar-refractivity contribution >= 4 is 22.8 Å². The van der Waals surface area contributed by atoms with Crippen LogP contribution in [-0.4, -0.2) is 48.1 Å². The highest BCUT2D eigenvalue weighted by molar-refractivity contribution is 5.95. The fourth-order valence-corrected chi connectivity index (χ4v) is 2.33. The van der Waals surface area contributed by atoms with Gasteiger partial charge in [-0.15, -0.1) is 0 Å². The molecule has 1 aromatic carbocycles. The number of H-pyrrole nitrogens is 1. The highest BCUT2D eigenvalue weighted by Gasteiger charge is 2.12. The minimum atomic E-state index is -0.386. The quantitative estimate of drug-likeness (QED) is 0.797. The Balaban J connectivity index is 2.08. The van der Waals surface area contributed by atoms with Gasteiger partial charge in [0.2, 0.25) is 0 Å². The van der Waals surface area contributed by atoms with Crippen molar-refractivity contribution in [3.63, 3.8) is 0 Å². The van der Waals surface area contributed by atoms with Crippen LogP contribution < -0.4 is 4.74 Å². The molecule has 6 nitrogen and oxygen atoms in total. The van der Waals surface area contributed by atoms with Gasteiger partial charge in [-0.3, -0.25) is 4.79 Å². The van der Waals surface area contributed by atoms with E-state index in [0.29, 0.717) is 31.1 Å². The summed E-state index contributed by atoms with van der Waals surface area (Å²) in [5.41, 5.74) is 1.22. The maximum absolute atomic E-state index is 11.9. The standard InChI is InChI=1S/C17H22N2O4/c1-4-19(5-2)16(20)11-23-13-7-8-14-12(9-13)10-15(18-14)17(21)22-6-3/h7-10,18H,4-6,11H2,1-3H3. The summed E-state index contributed by atoms with van der Waals surface area (Å²) in [6, 6.07) is 7.09. The van der Waals surface area contributed by atoms with Gasteiger partial charge in [0.05, 0.1) is 6.61 Å². The van der Waals surface area contributed by atoms with E-state index >= 15 is 0 Å². The summed E-state index contributed by atoms with van der Waals surface area (Å²) in [5.74, 6) is 0.159. The summed E-state index contributed by atoms with van der Waals surface area (Å²) in [6.07, 6.45) is 0. The fraction of sp³-hybridized carbons (Fsp3) is 0.412. The smallest absolute Gasteiger partial charge is 0.354 e. The Morgan fingerprint density at radius 1 is 1.13 bits per heavy atom. The predicted molar refractivity (Wildman–Crippen MR) is 87.7 cm³/mol. The Morgan fingerprint density at radius 3 is 2.52 bits per heavy atom. The maximum atomic E-state index is 11.9. The Labute approximate surface area is 135 Å². The first-order valence-corrected chi connectivity index (χ1v) is 7.79. The van der Waals surface area contributed by atoms with Crippen molar-refractivity contribution in [2.45, 2.75) is 20.8 Å². The number of fused-ring (bicyclic) bond motifs is 1.